The Bertz CT molecular complexity index is 683. The van der Waals surface area contributed by atoms with Crippen LogP contribution in [0, 0.1) is 5.82 Å². The second kappa shape index (κ2) is 5.27. The fourth-order valence-electron chi connectivity index (χ4n) is 1.47. The number of hydrogen-bond donors (Lipinski definition) is 0. The Morgan fingerprint density at radius 1 is 1.00 bits per heavy atom. The highest BCUT2D eigenvalue weighted by Crippen LogP contribution is 2.24. The number of ether oxygens (including phenoxy) is 1. The summed E-state index contributed by atoms with van der Waals surface area (Å²) in [5, 5.41) is 0. The van der Waals surface area contributed by atoms with Crippen molar-refractivity contribution in [3.8, 4) is 11.5 Å². The van der Waals surface area contributed by atoms with Gasteiger partial charge in [-0.2, -0.15) is 8.42 Å². The lowest BCUT2D eigenvalue weighted by Gasteiger charge is -2.08. The minimum absolute atomic E-state index is 0.0580. The first kappa shape index (κ1) is 13.4. The monoisotopic (exact) mass is 282 g/mol. The van der Waals surface area contributed by atoms with Gasteiger partial charge in [-0.3, -0.25) is 0 Å². The van der Waals surface area contributed by atoms with E-state index in [9.17, 15) is 12.8 Å². The summed E-state index contributed by atoms with van der Waals surface area (Å²) in [5.41, 5.74) is 0. The molecule has 0 bridgehead atoms. The maximum absolute atomic E-state index is 13.4. The molecule has 0 saturated carbocycles. The van der Waals surface area contributed by atoms with Gasteiger partial charge in [0, 0.05) is 6.07 Å². The molecule has 0 N–H and O–H groups in total. The Morgan fingerprint density at radius 3 is 2.37 bits per heavy atom. The number of methoxy groups -OCH3 is 1. The van der Waals surface area contributed by atoms with Crippen LogP contribution in [0.4, 0.5) is 4.39 Å². The predicted molar refractivity (Wildman–Crippen MR) is 67.2 cm³/mol. The maximum Gasteiger partial charge on any atom is 0.342 e. The lowest BCUT2D eigenvalue weighted by molar-refractivity contribution is 0.411. The molecule has 4 nitrogen and oxygen atoms in total. The van der Waals surface area contributed by atoms with Crippen molar-refractivity contribution in [1.29, 1.82) is 0 Å². The molecule has 2 aromatic rings. The molecule has 6 heteroatoms. The highest BCUT2D eigenvalue weighted by molar-refractivity contribution is 7.87. The van der Waals surface area contributed by atoms with E-state index in [1.54, 1.807) is 12.1 Å². The van der Waals surface area contributed by atoms with Crippen molar-refractivity contribution in [2.45, 2.75) is 4.90 Å². The number of halogens is 1. The minimum atomic E-state index is -4.20. The molecule has 19 heavy (non-hydrogen) atoms. The molecule has 100 valence electrons. The van der Waals surface area contributed by atoms with Gasteiger partial charge in [0.15, 0.2) is 0 Å². The second-order valence-corrected chi connectivity index (χ2v) is 5.16. The highest BCUT2D eigenvalue weighted by Gasteiger charge is 2.20. The molecule has 0 unspecified atom stereocenters. The molecular weight excluding hydrogens is 271 g/mol. The van der Waals surface area contributed by atoms with E-state index >= 15 is 0 Å². The van der Waals surface area contributed by atoms with Gasteiger partial charge in [-0.25, -0.2) is 4.39 Å². The van der Waals surface area contributed by atoms with E-state index in [1.165, 1.54) is 31.4 Å². The number of hydrogen-bond acceptors (Lipinski definition) is 4. The zero-order valence-electron chi connectivity index (χ0n) is 10.0. The Balaban J connectivity index is 2.34. The summed E-state index contributed by atoms with van der Waals surface area (Å²) in [6.07, 6.45) is 0. The topological polar surface area (TPSA) is 52.6 Å². The van der Waals surface area contributed by atoms with Gasteiger partial charge < -0.3 is 8.92 Å². The van der Waals surface area contributed by atoms with Crippen molar-refractivity contribution in [1.82, 2.24) is 0 Å². The van der Waals surface area contributed by atoms with Crippen LogP contribution in [-0.4, -0.2) is 15.5 Å². The van der Waals surface area contributed by atoms with Crippen LogP contribution < -0.4 is 8.92 Å². The normalized spacial score (nSPS) is 11.1. The van der Waals surface area contributed by atoms with Crippen LogP contribution in [0.25, 0.3) is 0 Å². The Labute approximate surface area is 110 Å². The largest absolute Gasteiger partial charge is 0.497 e. The van der Waals surface area contributed by atoms with Gasteiger partial charge in [0.05, 0.1) is 7.11 Å². The SMILES string of the molecule is COc1cccc(OS(=O)(=O)c2ccccc2F)c1. The summed E-state index contributed by atoms with van der Waals surface area (Å²) in [7, 11) is -2.75. The summed E-state index contributed by atoms with van der Waals surface area (Å²) >= 11 is 0. The highest BCUT2D eigenvalue weighted by atomic mass is 32.2. The molecule has 0 atom stereocenters. The lowest BCUT2D eigenvalue weighted by Crippen LogP contribution is -2.11. The minimum Gasteiger partial charge on any atom is -0.497 e. The molecule has 0 aliphatic heterocycles. The maximum atomic E-state index is 13.4. The molecule has 2 rings (SSSR count). The van der Waals surface area contributed by atoms with Crippen LogP contribution in [0.1, 0.15) is 0 Å². The first-order valence-corrected chi connectivity index (χ1v) is 6.77. The van der Waals surface area contributed by atoms with Gasteiger partial charge in [0.25, 0.3) is 0 Å². The van der Waals surface area contributed by atoms with Crippen molar-refractivity contribution in [3.63, 3.8) is 0 Å². The number of rotatable bonds is 4. The molecule has 2 aromatic carbocycles. The van der Waals surface area contributed by atoms with Gasteiger partial charge in [-0.05, 0) is 24.3 Å². The fraction of sp³-hybridized carbons (Fsp3) is 0.0769. The molecule has 0 fully saturated rings. The fourth-order valence-corrected chi connectivity index (χ4v) is 2.47. The van der Waals surface area contributed by atoms with Crippen LogP contribution in [0.5, 0.6) is 11.5 Å². The molecule has 0 aliphatic rings. The molecule has 0 radical (unpaired) electrons. The quantitative estimate of drug-likeness (QED) is 0.809. The van der Waals surface area contributed by atoms with Gasteiger partial charge in [-0.15, -0.1) is 0 Å². The Morgan fingerprint density at radius 2 is 1.68 bits per heavy atom. The van der Waals surface area contributed by atoms with Crippen molar-refractivity contribution < 1.29 is 21.7 Å². The van der Waals surface area contributed by atoms with Gasteiger partial charge in [-0.1, -0.05) is 18.2 Å². The van der Waals surface area contributed by atoms with E-state index in [2.05, 4.69) is 0 Å². The molecule has 0 amide bonds. The van der Waals surface area contributed by atoms with E-state index in [0.29, 0.717) is 5.75 Å². The van der Waals surface area contributed by atoms with Crippen LogP contribution in [-0.2, 0) is 10.1 Å². The molecule has 0 aliphatic carbocycles. The Kier molecular flexibility index (Phi) is 3.71. The van der Waals surface area contributed by atoms with Gasteiger partial charge >= 0.3 is 10.1 Å². The van der Waals surface area contributed by atoms with Crippen molar-refractivity contribution >= 4 is 10.1 Å². The molecule has 0 spiro atoms. The molecular formula is C13H11FO4S. The summed E-state index contributed by atoms with van der Waals surface area (Å²) in [6.45, 7) is 0. The molecule has 0 saturated heterocycles. The summed E-state index contributed by atoms with van der Waals surface area (Å²) < 4.78 is 47.1. The van der Waals surface area contributed by atoms with E-state index in [4.69, 9.17) is 8.92 Å². The van der Waals surface area contributed by atoms with E-state index in [-0.39, 0.29) is 5.75 Å². The average Bonchev–Trinajstić information content (AvgIpc) is 2.38. The van der Waals surface area contributed by atoms with Crippen LogP contribution >= 0.6 is 0 Å². The zero-order valence-corrected chi connectivity index (χ0v) is 10.9. The van der Waals surface area contributed by atoms with E-state index < -0.39 is 20.8 Å². The van der Waals surface area contributed by atoms with E-state index in [0.717, 1.165) is 12.1 Å². The lowest BCUT2D eigenvalue weighted by atomic mass is 10.3. The smallest absolute Gasteiger partial charge is 0.342 e. The molecule has 0 heterocycles. The van der Waals surface area contributed by atoms with Gasteiger partial charge in [0.2, 0.25) is 0 Å². The average molecular weight is 282 g/mol. The van der Waals surface area contributed by atoms with Crippen LogP contribution in [0.2, 0.25) is 0 Å². The summed E-state index contributed by atoms with van der Waals surface area (Å²) in [5.74, 6) is -0.353. The Hall–Kier alpha value is -2.08. The third kappa shape index (κ3) is 3.03. The first-order valence-electron chi connectivity index (χ1n) is 5.36. The van der Waals surface area contributed by atoms with Crippen LogP contribution in [0.3, 0.4) is 0 Å². The van der Waals surface area contributed by atoms with E-state index in [1.807, 2.05) is 0 Å². The van der Waals surface area contributed by atoms with Gasteiger partial charge in [0.1, 0.15) is 22.2 Å². The summed E-state index contributed by atoms with van der Waals surface area (Å²) in [4.78, 5) is -0.502. The molecule has 0 aromatic heterocycles. The zero-order chi connectivity index (χ0) is 13.9. The third-order valence-corrected chi connectivity index (χ3v) is 3.63. The van der Waals surface area contributed by atoms with Crippen molar-refractivity contribution in [3.05, 3.63) is 54.3 Å². The second-order valence-electron chi connectivity index (χ2n) is 3.65. The third-order valence-electron chi connectivity index (χ3n) is 2.35. The first-order chi connectivity index (χ1) is 9.03. The summed E-state index contributed by atoms with van der Waals surface area (Å²) in [6, 6.07) is 11.1. The standard InChI is InChI=1S/C13H11FO4S/c1-17-10-5-4-6-11(9-10)18-19(15,16)13-8-3-2-7-12(13)14/h2-9H,1H3. The predicted octanol–water partition coefficient (Wildman–Crippen LogP) is 2.60. The number of benzene rings is 2. The van der Waals surface area contributed by atoms with Crippen LogP contribution in [0.15, 0.2) is 53.4 Å². The van der Waals surface area contributed by atoms with Crippen molar-refractivity contribution in [2.24, 2.45) is 0 Å². The van der Waals surface area contributed by atoms with Crippen molar-refractivity contribution in [2.75, 3.05) is 7.11 Å².